The molecule has 1 aliphatic heterocycles. The molecule has 1 saturated heterocycles. The molecule has 0 radical (unpaired) electrons. The van der Waals surface area contributed by atoms with Crippen LogP contribution in [0, 0.1) is 5.82 Å². The molecule has 1 aliphatic rings. The van der Waals surface area contributed by atoms with Gasteiger partial charge in [0.05, 0.1) is 5.75 Å². The molecule has 0 aliphatic carbocycles. The zero-order valence-electron chi connectivity index (χ0n) is 13.2. The van der Waals surface area contributed by atoms with Crippen molar-refractivity contribution in [2.45, 2.75) is 24.4 Å². The van der Waals surface area contributed by atoms with E-state index in [2.05, 4.69) is 15.2 Å². The van der Waals surface area contributed by atoms with Crippen LogP contribution in [-0.2, 0) is 4.79 Å². The van der Waals surface area contributed by atoms with Gasteiger partial charge in [-0.3, -0.25) is 9.89 Å². The van der Waals surface area contributed by atoms with E-state index in [4.69, 9.17) is 0 Å². The van der Waals surface area contributed by atoms with E-state index in [0.29, 0.717) is 16.7 Å². The maximum Gasteiger partial charge on any atom is 0.233 e. The average molecular weight is 346 g/mol. The largest absolute Gasteiger partial charge is 0.342 e. The number of aromatic nitrogens is 3. The van der Waals surface area contributed by atoms with Crippen LogP contribution in [0.4, 0.5) is 4.39 Å². The van der Waals surface area contributed by atoms with Crippen molar-refractivity contribution in [3.05, 3.63) is 41.5 Å². The first-order valence-corrected chi connectivity index (χ1v) is 8.96. The van der Waals surface area contributed by atoms with Crippen LogP contribution in [0.15, 0.2) is 29.4 Å². The number of rotatable bonds is 5. The summed E-state index contributed by atoms with van der Waals surface area (Å²) in [7, 11) is 0. The molecule has 2 aromatic rings. The number of thioether (sulfide) groups is 1. The van der Waals surface area contributed by atoms with Gasteiger partial charge in [-0.25, -0.2) is 9.37 Å². The van der Waals surface area contributed by atoms with Crippen LogP contribution in [0.3, 0.4) is 0 Å². The van der Waals surface area contributed by atoms with Gasteiger partial charge in [0.25, 0.3) is 0 Å². The first-order valence-electron chi connectivity index (χ1n) is 7.97. The fourth-order valence-corrected chi connectivity index (χ4v) is 3.22. The van der Waals surface area contributed by atoms with Crippen LogP contribution in [0.25, 0.3) is 12.2 Å². The summed E-state index contributed by atoms with van der Waals surface area (Å²) in [5.41, 5.74) is 0.877. The molecule has 1 N–H and O–H groups in total. The summed E-state index contributed by atoms with van der Waals surface area (Å²) in [5, 5.41) is 7.48. The number of halogens is 1. The number of likely N-dealkylation sites (tertiary alicyclic amines) is 1. The highest BCUT2D eigenvalue weighted by Crippen LogP contribution is 2.16. The Morgan fingerprint density at radius 2 is 1.96 bits per heavy atom. The van der Waals surface area contributed by atoms with Gasteiger partial charge in [0.15, 0.2) is 0 Å². The lowest BCUT2D eigenvalue weighted by Crippen LogP contribution is -2.36. The Kier molecular flexibility index (Phi) is 5.63. The van der Waals surface area contributed by atoms with Gasteiger partial charge >= 0.3 is 0 Å². The monoisotopic (exact) mass is 346 g/mol. The Bertz CT molecular complexity index is 708. The summed E-state index contributed by atoms with van der Waals surface area (Å²) in [4.78, 5) is 18.4. The van der Waals surface area contributed by atoms with Crippen LogP contribution in [0.2, 0.25) is 0 Å². The molecule has 7 heteroatoms. The van der Waals surface area contributed by atoms with Crippen molar-refractivity contribution < 1.29 is 9.18 Å². The zero-order chi connectivity index (χ0) is 16.8. The van der Waals surface area contributed by atoms with Crippen LogP contribution in [0.5, 0.6) is 0 Å². The van der Waals surface area contributed by atoms with Crippen molar-refractivity contribution in [3.63, 3.8) is 0 Å². The molecule has 1 aromatic carbocycles. The number of nitrogens with zero attached hydrogens (tertiary/aromatic N) is 3. The predicted octanol–water partition coefficient (Wildman–Crippen LogP) is 3.22. The number of hydrogen-bond donors (Lipinski definition) is 1. The van der Waals surface area contributed by atoms with E-state index < -0.39 is 0 Å². The molecule has 0 bridgehead atoms. The third kappa shape index (κ3) is 4.67. The van der Waals surface area contributed by atoms with Gasteiger partial charge in [-0.1, -0.05) is 30.0 Å². The summed E-state index contributed by atoms with van der Waals surface area (Å²) >= 11 is 1.34. The standard InChI is InChI=1S/C17H19FN4OS/c18-14-7-4-13(5-8-14)6-9-15-19-17(21-20-15)24-12-16(23)22-10-2-1-3-11-22/h4-9H,1-3,10-12H2,(H,19,20,21)/b9-6+. The van der Waals surface area contributed by atoms with Gasteiger partial charge < -0.3 is 4.90 Å². The van der Waals surface area contributed by atoms with Crippen LogP contribution in [0.1, 0.15) is 30.7 Å². The Hall–Kier alpha value is -2.15. The Labute approximate surface area is 144 Å². The van der Waals surface area contributed by atoms with E-state index in [1.807, 2.05) is 11.0 Å². The molecule has 1 fully saturated rings. The van der Waals surface area contributed by atoms with Gasteiger partial charge in [-0.15, -0.1) is 5.10 Å². The first-order chi connectivity index (χ1) is 11.7. The minimum Gasteiger partial charge on any atom is -0.342 e. The van der Waals surface area contributed by atoms with Crippen molar-refractivity contribution in [2.75, 3.05) is 18.8 Å². The number of nitrogens with one attached hydrogen (secondary N) is 1. The number of amides is 1. The Morgan fingerprint density at radius 1 is 1.21 bits per heavy atom. The molecular formula is C17H19FN4OS. The highest BCUT2D eigenvalue weighted by atomic mass is 32.2. The van der Waals surface area contributed by atoms with E-state index >= 15 is 0 Å². The number of piperidine rings is 1. The average Bonchev–Trinajstić information content (AvgIpc) is 3.08. The summed E-state index contributed by atoms with van der Waals surface area (Å²) in [6.07, 6.45) is 7.00. The molecule has 1 amide bonds. The van der Waals surface area contributed by atoms with E-state index in [1.165, 1.54) is 30.3 Å². The molecule has 24 heavy (non-hydrogen) atoms. The zero-order valence-corrected chi connectivity index (χ0v) is 14.1. The fourth-order valence-electron chi connectivity index (χ4n) is 2.51. The summed E-state index contributed by atoms with van der Waals surface area (Å²) in [5.74, 6) is 0.850. The second-order valence-electron chi connectivity index (χ2n) is 5.62. The van der Waals surface area contributed by atoms with Crippen molar-refractivity contribution in [3.8, 4) is 0 Å². The quantitative estimate of drug-likeness (QED) is 0.845. The number of benzene rings is 1. The molecule has 0 saturated carbocycles. The Balaban J connectivity index is 1.51. The number of carbonyl (C=O) groups excluding carboxylic acids is 1. The van der Waals surface area contributed by atoms with Crippen molar-refractivity contribution in [1.82, 2.24) is 20.1 Å². The highest BCUT2D eigenvalue weighted by Gasteiger charge is 2.17. The molecule has 0 atom stereocenters. The smallest absolute Gasteiger partial charge is 0.233 e. The van der Waals surface area contributed by atoms with Gasteiger partial charge in [0.2, 0.25) is 11.1 Å². The first kappa shape index (κ1) is 16.7. The topological polar surface area (TPSA) is 61.9 Å². The van der Waals surface area contributed by atoms with E-state index in [0.717, 1.165) is 31.5 Å². The minimum atomic E-state index is -0.260. The lowest BCUT2D eigenvalue weighted by Gasteiger charge is -2.26. The van der Waals surface area contributed by atoms with Gasteiger partial charge in [-0.2, -0.15) is 0 Å². The maximum absolute atomic E-state index is 12.9. The summed E-state index contributed by atoms with van der Waals surface area (Å²) in [6.45, 7) is 1.72. The second-order valence-corrected chi connectivity index (χ2v) is 6.56. The van der Waals surface area contributed by atoms with E-state index in [9.17, 15) is 9.18 Å². The summed E-state index contributed by atoms with van der Waals surface area (Å²) in [6, 6.07) is 6.20. The molecule has 0 unspecified atom stereocenters. The van der Waals surface area contributed by atoms with E-state index in [-0.39, 0.29) is 11.7 Å². The van der Waals surface area contributed by atoms with Crippen molar-refractivity contribution >= 4 is 29.8 Å². The lowest BCUT2D eigenvalue weighted by molar-refractivity contribution is -0.129. The van der Waals surface area contributed by atoms with Crippen molar-refractivity contribution in [2.24, 2.45) is 0 Å². The maximum atomic E-state index is 12.9. The number of hydrogen-bond acceptors (Lipinski definition) is 4. The SMILES string of the molecule is O=C(CSc1n[nH]c(/C=C/c2ccc(F)cc2)n1)N1CCCCC1. The van der Waals surface area contributed by atoms with Crippen LogP contribution < -0.4 is 0 Å². The number of H-pyrrole nitrogens is 1. The molecule has 126 valence electrons. The predicted molar refractivity (Wildman–Crippen MR) is 92.9 cm³/mol. The van der Waals surface area contributed by atoms with Crippen molar-refractivity contribution in [1.29, 1.82) is 0 Å². The fraction of sp³-hybridized carbons (Fsp3) is 0.353. The molecular weight excluding hydrogens is 327 g/mol. The van der Waals surface area contributed by atoms with Gasteiger partial charge in [0, 0.05) is 13.1 Å². The number of carbonyl (C=O) groups is 1. The molecule has 5 nitrogen and oxygen atoms in total. The highest BCUT2D eigenvalue weighted by molar-refractivity contribution is 7.99. The van der Waals surface area contributed by atoms with Gasteiger partial charge in [-0.05, 0) is 43.0 Å². The number of aromatic amines is 1. The van der Waals surface area contributed by atoms with Gasteiger partial charge in [0.1, 0.15) is 11.6 Å². The third-order valence-electron chi connectivity index (χ3n) is 3.82. The molecule has 1 aromatic heterocycles. The molecule has 2 heterocycles. The van der Waals surface area contributed by atoms with E-state index in [1.54, 1.807) is 18.2 Å². The molecule has 3 rings (SSSR count). The van der Waals surface area contributed by atoms with Crippen LogP contribution in [-0.4, -0.2) is 44.8 Å². The minimum absolute atomic E-state index is 0.146. The summed E-state index contributed by atoms with van der Waals surface area (Å²) < 4.78 is 12.9. The molecule has 0 spiro atoms. The second kappa shape index (κ2) is 8.10. The lowest BCUT2D eigenvalue weighted by atomic mass is 10.1. The van der Waals surface area contributed by atoms with Crippen LogP contribution >= 0.6 is 11.8 Å². The normalized spacial score (nSPS) is 15.1. The Morgan fingerprint density at radius 3 is 2.71 bits per heavy atom. The third-order valence-corrected chi connectivity index (χ3v) is 4.65.